The summed E-state index contributed by atoms with van der Waals surface area (Å²) in [7, 11) is 0. The Balaban J connectivity index is 1.07. The lowest BCUT2D eigenvalue weighted by Crippen LogP contribution is -2.31. The molecule has 9 heteroatoms. The molecule has 1 fully saturated rings. The molecule has 0 saturated heterocycles. The van der Waals surface area contributed by atoms with Crippen LogP contribution in [0.1, 0.15) is 47.6 Å². The first kappa shape index (κ1) is 23.4. The Hall–Kier alpha value is -4.01. The maximum absolute atomic E-state index is 13.5. The summed E-state index contributed by atoms with van der Waals surface area (Å²) in [6.45, 7) is 2.21. The lowest BCUT2D eigenvalue weighted by atomic mass is 9.86. The number of rotatable bonds is 5. The number of hydrogen-bond donors (Lipinski definition) is 2. The highest BCUT2D eigenvalue weighted by Gasteiger charge is 2.24. The summed E-state index contributed by atoms with van der Waals surface area (Å²) in [5.41, 5.74) is 3.08. The van der Waals surface area contributed by atoms with Crippen molar-refractivity contribution in [1.29, 1.82) is 0 Å². The molecule has 3 aliphatic rings. The minimum absolute atomic E-state index is 0.142. The van der Waals surface area contributed by atoms with Crippen LogP contribution in [0.3, 0.4) is 0 Å². The number of hydrogen-bond acceptors (Lipinski definition) is 5. The van der Waals surface area contributed by atoms with E-state index in [0.29, 0.717) is 12.6 Å². The summed E-state index contributed by atoms with van der Waals surface area (Å²) >= 11 is 0. The fourth-order valence-electron chi connectivity index (χ4n) is 5.35. The SMILES string of the molecule is O=C(NC[C@H]1CC[C@H](n2cc3ccc(C4=CC5=NCCN5C=C4)cc3n2)CC1)c1cc(F)c(O)c(F)c1. The van der Waals surface area contributed by atoms with Crippen molar-refractivity contribution in [3.8, 4) is 5.75 Å². The maximum Gasteiger partial charge on any atom is 0.251 e. The number of benzene rings is 2. The third-order valence-electron chi connectivity index (χ3n) is 7.51. The van der Waals surface area contributed by atoms with Gasteiger partial charge in [-0.25, -0.2) is 8.78 Å². The number of allylic oxidation sites excluding steroid dienone is 2. The van der Waals surface area contributed by atoms with Crippen molar-refractivity contribution in [2.75, 3.05) is 19.6 Å². The number of phenolic OH excluding ortho intramolecular Hbond substituents is 1. The van der Waals surface area contributed by atoms with Crippen LogP contribution >= 0.6 is 0 Å². The van der Waals surface area contributed by atoms with E-state index >= 15 is 0 Å². The summed E-state index contributed by atoms with van der Waals surface area (Å²) in [5.74, 6) is -2.62. The Bertz CT molecular complexity index is 1440. The van der Waals surface area contributed by atoms with Crippen molar-refractivity contribution >= 4 is 28.2 Å². The van der Waals surface area contributed by atoms with Crippen LogP contribution in [-0.4, -0.2) is 51.2 Å². The Morgan fingerprint density at radius 1 is 1.11 bits per heavy atom. The van der Waals surface area contributed by atoms with Gasteiger partial charge in [-0.05, 0) is 73.1 Å². The highest BCUT2D eigenvalue weighted by Crippen LogP contribution is 2.33. The predicted octanol–water partition coefficient (Wildman–Crippen LogP) is 4.81. The standard InChI is InChI=1S/C28H27F2N5O2/c29-23-11-21(12-24(30)27(23)36)28(37)32-15-17-1-5-22(6-2-17)35-16-20-4-3-18(13-25(20)33-35)19-7-9-34-10-8-31-26(34)14-19/h3-4,7,9,11-14,16-17,22,36H,1-2,5-6,8,10,15H2,(H,32,37)/t17-,22-. The van der Waals surface area contributed by atoms with Gasteiger partial charge in [0.2, 0.25) is 0 Å². The molecule has 0 spiro atoms. The Morgan fingerprint density at radius 2 is 1.89 bits per heavy atom. The van der Waals surface area contributed by atoms with Gasteiger partial charge < -0.3 is 15.3 Å². The zero-order chi connectivity index (χ0) is 25.5. The zero-order valence-corrected chi connectivity index (χ0v) is 20.2. The van der Waals surface area contributed by atoms with Crippen LogP contribution in [0.15, 0.2) is 59.9 Å². The number of nitrogens with one attached hydrogen (secondary N) is 1. The van der Waals surface area contributed by atoms with Gasteiger partial charge in [0, 0.05) is 36.4 Å². The van der Waals surface area contributed by atoms with Crippen molar-refractivity contribution in [3.05, 3.63) is 77.6 Å². The van der Waals surface area contributed by atoms with Gasteiger partial charge in [-0.15, -0.1) is 0 Å². The van der Waals surface area contributed by atoms with E-state index in [1.165, 1.54) is 0 Å². The number of fused-ring (bicyclic) bond motifs is 2. The first-order chi connectivity index (χ1) is 17.9. The van der Waals surface area contributed by atoms with Crippen LogP contribution in [-0.2, 0) is 0 Å². The second kappa shape index (κ2) is 9.46. The van der Waals surface area contributed by atoms with Crippen LogP contribution in [0.5, 0.6) is 5.75 Å². The molecule has 7 nitrogen and oxygen atoms in total. The molecule has 0 atom stereocenters. The van der Waals surface area contributed by atoms with Gasteiger partial charge in [0.25, 0.3) is 5.91 Å². The fraction of sp³-hybridized carbons (Fsp3) is 0.321. The third-order valence-corrected chi connectivity index (χ3v) is 7.51. The van der Waals surface area contributed by atoms with Crippen molar-refractivity contribution in [1.82, 2.24) is 20.0 Å². The van der Waals surface area contributed by atoms with Crippen molar-refractivity contribution in [3.63, 3.8) is 0 Å². The van der Waals surface area contributed by atoms with Crippen LogP contribution in [0.25, 0.3) is 16.5 Å². The summed E-state index contributed by atoms with van der Waals surface area (Å²) < 4.78 is 29.2. The summed E-state index contributed by atoms with van der Waals surface area (Å²) in [6, 6.07) is 8.35. The number of phenols is 1. The van der Waals surface area contributed by atoms with Gasteiger partial charge in [-0.1, -0.05) is 12.1 Å². The molecule has 2 N–H and O–H groups in total. The lowest BCUT2D eigenvalue weighted by Gasteiger charge is -2.28. The molecule has 2 aliphatic heterocycles. The monoisotopic (exact) mass is 503 g/mol. The van der Waals surface area contributed by atoms with Gasteiger partial charge in [-0.3, -0.25) is 14.5 Å². The quantitative estimate of drug-likeness (QED) is 0.524. The van der Waals surface area contributed by atoms with Crippen molar-refractivity contribution in [2.45, 2.75) is 31.7 Å². The summed E-state index contributed by atoms with van der Waals surface area (Å²) in [6.07, 6.45) is 12.2. The molecule has 1 saturated carbocycles. The minimum Gasteiger partial charge on any atom is -0.503 e. The first-order valence-electron chi connectivity index (χ1n) is 12.6. The third kappa shape index (κ3) is 4.61. The number of aliphatic imine (C=N–C) groups is 1. The van der Waals surface area contributed by atoms with E-state index in [2.05, 4.69) is 62.6 Å². The number of amidine groups is 1. The highest BCUT2D eigenvalue weighted by molar-refractivity contribution is 6.04. The van der Waals surface area contributed by atoms with E-state index < -0.39 is 23.3 Å². The van der Waals surface area contributed by atoms with Crippen molar-refractivity contribution in [2.24, 2.45) is 10.9 Å². The van der Waals surface area contributed by atoms with Gasteiger partial charge in [0.05, 0.1) is 18.1 Å². The predicted molar refractivity (Wildman–Crippen MR) is 137 cm³/mol. The zero-order valence-electron chi connectivity index (χ0n) is 20.2. The molecule has 1 amide bonds. The van der Waals surface area contributed by atoms with E-state index in [-0.39, 0.29) is 11.5 Å². The summed E-state index contributed by atoms with van der Waals surface area (Å²) in [5, 5.41) is 18.0. The number of carbonyl (C=O) groups excluding carboxylic acids is 1. The molecule has 0 radical (unpaired) electrons. The van der Waals surface area contributed by atoms with Gasteiger partial charge >= 0.3 is 0 Å². The second-order valence-electron chi connectivity index (χ2n) is 9.90. The Labute approximate surface area is 212 Å². The molecular weight excluding hydrogens is 476 g/mol. The van der Waals surface area contributed by atoms with Crippen LogP contribution < -0.4 is 5.32 Å². The van der Waals surface area contributed by atoms with E-state index in [1.807, 2.05) is 0 Å². The number of aromatic hydroxyl groups is 1. The molecule has 0 unspecified atom stereocenters. The van der Waals surface area contributed by atoms with Crippen LogP contribution in [0.4, 0.5) is 8.78 Å². The Kier molecular flexibility index (Phi) is 5.98. The molecule has 0 bridgehead atoms. The van der Waals surface area contributed by atoms with E-state index in [9.17, 15) is 18.7 Å². The number of aromatic nitrogens is 2. The summed E-state index contributed by atoms with van der Waals surface area (Å²) in [4.78, 5) is 19.0. The van der Waals surface area contributed by atoms with Gasteiger partial charge in [0.15, 0.2) is 17.4 Å². The largest absolute Gasteiger partial charge is 0.503 e. The molecule has 190 valence electrons. The maximum atomic E-state index is 13.5. The topological polar surface area (TPSA) is 82.8 Å². The molecule has 1 aromatic heterocycles. The number of halogens is 2. The number of amides is 1. The fourth-order valence-corrected chi connectivity index (χ4v) is 5.35. The number of nitrogens with zero attached hydrogens (tertiary/aromatic N) is 4. The van der Waals surface area contributed by atoms with E-state index in [0.717, 1.165) is 78.8 Å². The van der Waals surface area contributed by atoms with E-state index in [1.54, 1.807) is 0 Å². The first-order valence-corrected chi connectivity index (χ1v) is 12.6. The molecule has 2 aromatic carbocycles. The molecule has 3 heterocycles. The second-order valence-corrected chi connectivity index (χ2v) is 9.90. The molecular formula is C28H27F2N5O2. The Morgan fingerprint density at radius 3 is 2.68 bits per heavy atom. The average molecular weight is 504 g/mol. The lowest BCUT2D eigenvalue weighted by molar-refractivity contribution is 0.0940. The molecule has 3 aromatic rings. The average Bonchev–Trinajstić information content (AvgIpc) is 3.56. The molecule has 1 aliphatic carbocycles. The van der Waals surface area contributed by atoms with Gasteiger partial charge in [0.1, 0.15) is 5.84 Å². The minimum atomic E-state index is -1.15. The van der Waals surface area contributed by atoms with Crippen molar-refractivity contribution < 1.29 is 18.7 Å². The normalized spacial score (nSPS) is 21.1. The molecule has 6 rings (SSSR count). The van der Waals surface area contributed by atoms with E-state index in [4.69, 9.17) is 5.10 Å². The molecule has 37 heavy (non-hydrogen) atoms. The highest BCUT2D eigenvalue weighted by atomic mass is 19.1. The van der Waals surface area contributed by atoms with Crippen LogP contribution in [0, 0.1) is 17.6 Å². The number of carbonyl (C=O) groups is 1. The van der Waals surface area contributed by atoms with Gasteiger partial charge in [-0.2, -0.15) is 5.10 Å². The smallest absolute Gasteiger partial charge is 0.251 e. The van der Waals surface area contributed by atoms with Crippen LogP contribution in [0.2, 0.25) is 0 Å².